The molecule has 3 heterocycles. The summed E-state index contributed by atoms with van der Waals surface area (Å²) in [4.78, 5) is 37.1. The summed E-state index contributed by atoms with van der Waals surface area (Å²) < 4.78 is 20.3. The summed E-state index contributed by atoms with van der Waals surface area (Å²) in [7, 11) is 0. The fourth-order valence-electron chi connectivity index (χ4n) is 5.76. The number of nitrogens with one attached hydrogen (secondary N) is 1. The van der Waals surface area contributed by atoms with Crippen LogP contribution in [-0.2, 0) is 9.59 Å². The summed E-state index contributed by atoms with van der Waals surface area (Å²) in [5.41, 5.74) is 4.47. The Hall–Kier alpha value is -3.53. The van der Waals surface area contributed by atoms with Gasteiger partial charge in [-0.25, -0.2) is 9.38 Å². The van der Waals surface area contributed by atoms with Gasteiger partial charge in [-0.15, -0.1) is 0 Å². The Morgan fingerprint density at radius 1 is 1.28 bits per heavy atom. The molecule has 3 aliphatic rings. The van der Waals surface area contributed by atoms with Crippen LogP contribution >= 0.6 is 0 Å². The molecule has 2 aliphatic heterocycles. The van der Waals surface area contributed by atoms with Crippen molar-refractivity contribution in [2.45, 2.75) is 82.7 Å². The van der Waals surface area contributed by atoms with Crippen molar-refractivity contribution in [3.63, 3.8) is 0 Å². The highest BCUT2D eigenvalue weighted by atomic mass is 19.1. The van der Waals surface area contributed by atoms with E-state index in [0.717, 1.165) is 6.20 Å². The lowest BCUT2D eigenvalue weighted by molar-refractivity contribution is -0.148. The van der Waals surface area contributed by atoms with Crippen LogP contribution in [-0.4, -0.2) is 49.5 Å². The molecule has 9 nitrogen and oxygen atoms in total. The van der Waals surface area contributed by atoms with E-state index in [-0.39, 0.29) is 30.1 Å². The first kappa shape index (κ1) is 27.1. The van der Waals surface area contributed by atoms with E-state index in [2.05, 4.69) is 15.3 Å². The summed E-state index contributed by atoms with van der Waals surface area (Å²) >= 11 is 0. The van der Waals surface area contributed by atoms with Gasteiger partial charge < -0.3 is 20.9 Å². The summed E-state index contributed by atoms with van der Waals surface area (Å²) in [6, 6.07) is 7.19. The van der Waals surface area contributed by atoms with E-state index in [4.69, 9.17) is 10.5 Å². The summed E-state index contributed by atoms with van der Waals surface area (Å²) in [5, 5.41) is 14.6. The number of guanidine groups is 1. The van der Waals surface area contributed by atoms with Gasteiger partial charge in [-0.3, -0.25) is 19.5 Å². The number of hydrogen-bond acceptors (Lipinski definition) is 7. The van der Waals surface area contributed by atoms with Crippen molar-refractivity contribution in [3.8, 4) is 5.75 Å². The molecule has 6 atom stereocenters. The smallest absolute Gasteiger partial charge is 0.232 e. The molecule has 208 valence electrons. The minimum atomic E-state index is -1.42. The van der Waals surface area contributed by atoms with Crippen LogP contribution in [0.4, 0.5) is 4.39 Å². The number of para-hydroxylation sites is 1. The lowest BCUT2D eigenvalue weighted by Crippen LogP contribution is -2.62. The van der Waals surface area contributed by atoms with Crippen molar-refractivity contribution < 1.29 is 23.8 Å². The van der Waals surface area contributed by atoms with Crippen LogP contribution in [0.25, 0.3) is 0 Å². The Bertz CT molecular complexity index is 1340. The van der Waals surface area contributed by atoms with Crippen LogP contribution in [0.2, 0.25) is 0 Å². The molecule has 10 heteroatoms. The molecule has 2 amide bonds. The first-order chi connectivity index (χ1) is 18.3. The molecule has 1 aromatic carbocycles. The molecule has 0 saturated heterocycles. The predicted octanol–water partition coefficient (Wildman–Crippen LogP) is 3.39. The quantitative estimate of drug-likeness (QED) is 0.518. The predicted molar refractivity (Wildman–Crippen MR) is 143 cm³/mol. The lowest BCUT2D eigenvalue weighted by Gasteiger charge is -2.49. The number of rotatable bonds is 6. The number of ether oxygens (including phenoxy) is 1. The molecule has 1 aromatic heterocycles. The average Bonchev–Trinajstić information content (AvgIpc) is 3.64. The number of aliphatic imine (C=N–C) groups is 1. The number of nitrogens with two attached hydrogens (primary N) is 1. The van der Waals surface area contributed by atoms with E-state index in [1.165, 1.54) is 17.2 Å². The maximum absolute atomic E-state index is 14.3. The van der Waals surface area contributed by atoms with E-state index in [1.54, 1.807) is 20.8 Å². The van der Waals surface area contributed by atoms with Gasteiger partial charge in [0.2, 0.25) is 11.8 Å². The normalized spacial score (nSPS) is 32.0. The highest BCUT2D eigenvalue weighted by molar-refractivity contribution is 5.99. The van der Waals surface area contributed by atoms with Crippen LogP contribution in [0.3, 0.4) is 0 Å². The van der Waals surface area contributed by atoms with E-state index in [1.807, 2.05) is 38.1 Å². The van der Waals surface area contributed by atoms with Crippen molar-refractivity contribution in [1.82, 2.24) is 15.2 Å². The number of carbonyl (C=O) groups excluding carboxylic acids is 2. The fourth-order valence-corrected chi connectivity index (χ4v) is 5.76. The van der Waals surface area contributed by atoms with Crippen molar-refractivity contribution >= 4 is 17.8 Å². The SMILES string of the molecule is CC[C@]1(C)CC(=O)N(C(c2cncc(F)c2)[C@@H]2C[C@H]2C(=O)N[C@@H]2c3ccccc3OC(C)(C)C2(C)O)C(N)=N1. The zero-order chi connectivity index (χ0) is 28.3. The van der Waals surface area contributed by atoms with Crippen molar-refractivity contribution in [2.24, 2.45) is 22.6 Å². The van der Waals surface area contributed by atoms with E-state index < -0.39 is 40.6 Å². The topological polar surface area (TPSA) is 130 Å². The molecule has 1 fully saturated rings. The standard InChI is InChI=1S/C29H36FN5O4/c1-6-28(4)13-22(36)35(26(31)34-28)23(16-11-17(30)15-32-14-16)19-12-20(19)25(37)33-24-18-9-7-8-10-21(18)39-27(2,3)29(24,5)38/h7-11,14-15,19-20,23-24,38H,6,12-13H2,1-5H3,(H2,31,34)(H,33,37)/t19-,20-,23?,24-,28-,29?/m1/s1. The van der Waals surface area contributed by atoms with E-state index >= 15 is 0 Å². The third-order valence-electron chi connectivity index (χ3n) is 8.78. The maximum atomic E-state index is 14.3. The first-order valence-corrected chi connectivity index (χ1v) is 13.4. The second-order valence-electron chi connectivity index (χ2n) is 11.9. The number of halogens is 1. The number of amides is 2. The number of carbonyl (C=O) groups is 2. The van der Waals surface area contributed by atoms with Gasteiger partial charge in [-0.1, -0.05) is 25.1 Å². The van der Waals surface area contributed by atoms with E-state index in [0.29, 0.717) is 29.7 Å². The van der Waals surface area contributed by atoms with Gasteiger partial charge >= 0.3 is 0 Å². The average molecular weight is 538 g/mol. The Morgan fingerprint density at radius 2 is 2.00 bits per heavy atom. The first-order valence-electron chi connectivity index (χ1n) is 13.4. The third-order valence-corrected chi connectivity index (χ3v) is 8.78. The molecule has 4 N–H and O–H groups in total. The number of hydrogen-bond donors (Lipinski definition) is 3. The Balaban J connectivity index is 1.45. The van der Waals surface area contributed by atoms with Gasteiger partial charge in [0.05, 0.1) is 30.2 Å². The van der Waals surface area contributed by atoms with Crippen LogP contribution < -0.4 is 15.8 Å². The second kappa shape index (κ2) is 9.29. The molecular weight excluding hydrogens is 501 g/mol. The van der Waals surface area contributed by atoms with Gasteiger partial charge in [0.25, 0.3) is 0 Å². The molecule has 0 bridgehead atoms. The largest absolute Gasteiger partial charge is 0.484 e. The molecule has 0 radical (unpaired) electrons. The molecular formula is C29H36FN5O4. The summed E-state index contributed by atoms with van der Waals surface area (Å²) in [6.07, 6.45) is 3.83. The highest BCUT2D eigenvalue weighted by Crippen LogP contribution is 2.52. The molecule has 5 rings (SSSR count). The molecule has 2 unspecified atom stereocenters. The number of fused-ring (bicyclic) bond motifs is 1. The number of aromatic nitrogens is 1. The lowest BCUT2D eigenvalue weighted by atomic mass is 9.75. The Kier molecular flexibility index (Phi) is 6.44. The molecule has 39 heavy (non-hydrogen) atoms. The molecule has 1 aliphatic carbocycles. The minimum Gasteiger partial charge on any atom is -0.484 e. The second-order valence-corrected chi connectivity index (χ2v) is 11.9. The zero-order valence-corrected chi connectivity index (χ0v) is 22.9. The van der Waals surface area contributed by atoms with Gasteiger partial charge in [0.1, 0.15) is 22.8 Å². The molecule has 1 saturated carbocycles. The van der Waals surface area contributed by atoms with Crippen LogP contribution in [0.5, 0.6) is 5.75 Å². The van der Waals surface area contributed by atoms with Crippen LogP contribution in [0.15, 0.2) is 47.7 Å². The monoisotopic (exact) mass is 537 g/mol. The summed E-state index contributed by atoms with van der Waals surface area (Å²) in [5.74, 6) is -1.23. The van der Waals surface area contributed by atoms with Crippen molar-refractivity contribution in [1.29, 1.82) is 0 Å². The fraction of sp³-hybridized carbons (Fsp3) is 0.517. The maximum Gasteiger partial charge on any atom is 0.232 e. The van der Waals surface area contributed by atoms with Gasteiger partial charge in [-0.05, 0) is 64.2 Å². The van der Waals surface area contributed by atoms with Crippen LogP contribution in [0.1, 0.15) is 77.1 Å². The van der Waals surface area contributed by atoms with Gasteiger partial charge in [0, 0.05) is 17.7 Å². The molecule has 0 spiro atoms. The molecule has 2 aromatic rings. The number of aliphatic hydroxyl groups is 1. The van der Waals surface area contributed by atoms with E-state index in [9.17, 15) is 19.1 Å². The van der Waals surface area contributed by atoms with Gasteiger partial charge in [0.15, 0.2) is 5.96 Å². The number of pyridine rings is 1. The van der Waals surface area contributed by atoms with Crippen LogP contribution in [0, 0.1) is 17.7 Å². The minimum absolute atomic E-state index is 0.0546. The Morgan fingerprint density at radius 3 is 2.67 bits per heavy atom. The third kappa shape index (κ3) is 4.64. The zero-order valence-electron chi connectivity index (χ0n) is 22.9. The summed E-state index contributed by atoms with van der Waals surface area (Å²) in [6.45, 7) is 9.03. The van der Waals surface area contributed by atoms with Crippen molar-refractivity contribution in [2.75, 3.05) is 0 Å². The number of nitrogens with zero attached hydrogens (tertiary/aromatic N) is 3. The Labute approximate surface area is 227 Å². The van der Waals surface area contributed by atoms with Crippen molar-refractivity contribution in [3.05, 3.63) is 59.7 Å². The number of benzene rings is 1. The highest BCUT2D eigenvalue weighted by Gasteiger charge is 2.57. The van der Waals surface area contributed by atoms with Gasteiger partial charge in [-0.2, -0.15) is 0 Å².